The zero-order valence-corrected chi connectivity index (χ0v) is 14.6. The van der Waals surface area contributed by atoms with Crippen LogP contribution in [0.15, 0.2) is 43.0 Å². The zero-order valence-electron chi connectivity index (χ0n) is 14.6. The first kappa shape index (κ1) is 16.2. The van der Waals surface area contributed by atoms with Gasteiger partial charge in [-0.2, -0.15) is 0 Å². The van der Waals surface area contributed by atoms with E-state index in [0.29, 0.717) is 11.3 Å². The van der Waals surface area contributed by atoms with Crippen LogP contribution in [0.3, 0.4) is 0 Å². The van der Waals surface area contributed by atoms with Gasteiger partial charge in [-0.15, -0.1) is 0 Å². The predicted octanol–water partition coefficient (Wildman–Crippen LogP) is 2.87. The molecule has 1 aromatic heterocycles. The summed E-state index contributed by atoms with van der Waals surface area (Å²) in [7, 11) is 0. The Morgan fingerprint density at radius 1 is 1.28 bits per heavy atom. The van der Waals surface area contributed by atoms with Crippen molar-refractivity contribution in [3.05, 3.63) is 54.1 Å². The third-order valence-electron chi connectivity index (χ3n) is 5.82. The van der Waals surface area contributed by atoms with E-state index in [0.717, 1.165) is 32.5 Å². The molecule has 2 amide bonds. The molecule has 1 fully saturated rings. The van der Waals surface area contributed by atoms with Crippen LogP contribution in [0.25, 0.3) is 0 Å². The Balaban J connectivity index is 1.14. The number of nitrogens with zero attached hydrogens (tertiary/aromatic N) is 2. The van der Waals surface area contributed by atoms with E-state index in [2.05, 4.69) is 44.5 Å². The lowest BCUT2D eigenvalue weighted by atomic mass is 9.95. The molecule has 25 heavy (non-hydrogen) atoms. The van der Waals surface area contributed by atoms with E-state index in [1.54, 1.807) is 6.20 Å². The lowest BCUT2D eigenvalue weighted by Gasteiger charge is -2.12. The standard InChI is InChI=1S/C20H26N4O/c25-19(22-9-3-4-11-24-12-10-21-15-24)23-14-17-13-20(17)8-7-16-5-1-2-6-18(16)20/h1-2,5-6,10,12,15,17H,3-4,7-9,11,13-14H2,(H2,22,23,25)/t17-,20-/m0/s1. The molecular formula is C20H26N4O. The number of amides is 2. The van der Waals surface area contributed by atoms with E-state index in [1.165, 1.54) is 30.4 Å². The highest BCUT2D eigenvalue weighted by atomic mass is 16.2. The molecule has 0 unspecified atom stereocenters. The maximum absolute atomic E-state index is 12.0. The minimum atomic E-state index is -0.0315. The first-order valence-electron chi connectivity index (χ1n) is 9.34. The molecule has 0 radical (unpaired) electrons. The molecule has 1 heterocycles. The van der Waals surface area contributed by atoms with Gasteiger partial charge in [-0.05, 0) is 49.1 Å². The van der Waals surface area contributed by atoms with E-state index in [1.807, 2.05) is 12.5 Å². The van der Waals surface area contributed by atoms with E-state index >= 15 is 0 Å². The zero-order chi connectivity index (χ0) is 17.1. The fourth-order valence-corrected chi connectivity index (χ4v) is 4.32. The van der Waals surface area contributed by atoms with E-state index in [4.69, 9.17) is 0 Å². The molecule has 2 aliphatic rings. The lowest BCUT2D eigenvalue weighted by molar-refractivity contribution is 0.240. The third kappa shape index (κ3) is 3.41. The summed E-state index contributed by atoms with van der Waals surface area (Å²) < 4.78 is 2.06. The van der Waals surface area contributed by atoms with Crippen molar-refractivity contribution in [3.8, 4) is 0 Å². The van der Waals surface area contributed by atoms with Crippen LogP contribution in [-0.2, 0) is 18.4 Å². The molecule has 2 aromatic rings. The summed E-state index contributed by atoms with van der Waals surface area (Å²) in [5.74, 6) is 0.600. The van der Waals surface area contributed by atoms with Crippen molar-refractivity contribution in [2.75, 3.05) is 13.1 Å². The molecule has 5 nitrogen and oxygen atoms in total. The third-order valence-corrected chi connectivity index (χ3v) is 5.82. The van der Waals surface area contributed by atoms with Gasteiger partial charge in [0.05, 0.1) is 6.33 Å². The van der Waals surface area contributed by atoms with Crippen molar-refractivity contribution in [3.63, 3.8) is 0 Å². The van der Waals surface area contributed by atoms with Crippen molar-refractivity contribution >= 4 is 6.03 Å². The number of hydrogen-bond donors (Lipinski definition) is 2. The van der Waals surface area contributed by atoms with Gasteiger partial charge in [0.1, 0.15) is 0 Å². The molecule has 2 atom stereocenters. The first-order chi connectivity index (χ1) is 12.3. The molecule has 0 aliphatic heterocycles. The lowest BCUT2D eigenvalue weighted by Crippen LogP contribution is -2.37. The average Bonchev–Trinajstić information content (AvgIpc) is 2.96. The highest BCUT2D eigenvalue weighted by Crippen LogP contribution is 2.61. The number of fused-ring (bicyclic) bond motifs is 2. The molecule has 1 spiro atoms. The van der Waals surface area contributed by atoms with Crippen molar-refractivity contribution < 1.29 is 4.79 Å². The Kier molecular flexibility index (Phi) is 4.47. The average molecular weight is 338 g/mol. The SMILES string of the molecule is O=C(NCCCCn1ccnc1)NC[C@@H]1C[C@@]12CCc1ccccc12. The number of benzene rings is 1. The molecule has 4 rings (SSSR count). The number of aryl methyl sites for hydroxylation is 2. The molecule has 0 bridgehead atoms. The smallest absolute Gasteiger partial charge is 0.314 e. The molecule has 1 saturated carbocycles. The van der Waals surface area contributed by atoms with Crippen molar-refractivity contribution in [2.24, 2.45) is 5.92 Å². The minimum Gasteiger partial charge on any atom is -0.338 e. The van der Waals surface area contributed by atoms with Crippen LogP contribution in [0.4, 0.5) is 4.79 Å². The fraction of sp³-hybridized carbons (Fsp3) is 0.500. The minimum absolute atomic E-state index is 0.0315. The number of aromatic nitrogens is 2. The van der Waals surface area contributed by atoms with Gasteiger partial charge >= 0.3 is 6.03 Å². The van der Waals surface area contributed by atoms with Crippen molar-refractivity contribution in [1.29, 1.82) is 0 Å². The van der Waals surface area contributed by atoms with E-state index < -0.39 is 0 Å². The van der Waals surface area contributed by atoms with Crippen LogP contribution < -0.4 is 10.6 Å². The number of rotatable bonds is 7. The molecule has 132 valence electrons. The summed E-state index contributed by atoms with van der Waals surface area (Å²) >= 11 is 0. The Morgan fingerprint density at radius 2 is 2.20 bits per heavy atom. The molecule has 2 aliphatic carbocycles. The highest BCUT2D eigenvalue weighted by Gasteiger charge is 2.57. The largest absolute Gasteiger partial charge is 0.338 e. The summed E-state index contributed by atoms with van der Waals surface area (Å²) in [5, 5.41) is 6.03. The van der Waals surface area contributed by atoms with Crippen LogP contribution >= 0.6 is 0 Å². The monoisotopic (exact) mass is 338 g/mol. The Morgan fingerprint density at radius 3 is 3.08 bits per heavy atom. The predicted molar refractivity (Wildman–Crippen MR) is 97.4 cm³/mol. The maximum atomic E-state index is 12.0. The number of unbranched alkanes of at least 4 members (excludes halogenated alkanes) is 1. The topological polar surface area (TPSA) is 59.0 Å². The Labute approximate surface area is 148 Å². The number of imidazole rings is 1. The Bertz CT molecular complexity index is 727. The second kappa shape index (κ2) is 6.90. The summed E-state index contributed by atoms with van der Waals surface area (Å²) in [6.45, 7) is 2.46. The Hall–Kier alpha value is -2.30. The van der Waals surface area contributed by atoms with Crippen molar-refractivity contribution in [2.45, 2.75) is 44.1 Å². The van der Waals surface area contributed by atoms with Gasteiger partial charge in [0.15, 0.2) is 0 Å². The number of nitrogens with one attached hydrogen (secondary N) is 2. The molecular weight excluding hydrogens is 312 g/mol. The fourth-order valence-electron chi connectivity index (χ4n) is 4.32. The summed E-state index contributed by atoms with van der Waals surface area (Å²) in [6.07, 6.45) is 11.3. The van der Waals surface area contributed by atoms with Crippen LogP contribution in [0.5, 0.6) is 0 Å². The number of carbonyl (C=O) groups is 1. The second-order valence-corrected chi connectivity index (χ2v) is 7.36. The van der Waals surface area contributed by atoms with Crippen LogP contribution in [0.1, 0.15) is 36.8 Å². The first-order valence-corrected chi connectivity index (χ1v) is 9.34. The summed E-state index contributed by atoms with van der Waals surface area (Å²) in [5.41, 5.74) is 3.39. The summed E-state index contributed by atoms with van der Waals surface area (Å²) in [6, 6.07) is 8.78. The van der Waals surface area contributed by atoms with Crippen LogP contribution in [0.2, 0.25) is 0 Å². The van der Waals surface area contributed by atoms with Gasteiger partial charge in [-0.25, -0.2) is 9.78 Å². The molecule has 5 heteroatoms. The normalized spacial score (nSPS) is 23.4. The van der Waals surface area contributed by atoms with Gasteiger partial charge in [-0.1, -0.05) is 24.3 Å². The van der Waals surface area contributed by atoms with Crippen molar-refractivity contribution in [1.82, 2.24) is 20.2 Å². The number of carbonyl (C=O) groups excluding carboxylic acids is 1. The number of hydrogen-bond acceptors (Lipinski definition) is 2. The molecule has 0 saturated heterocycles. The second-order valence-electron chi connectivity index (χ2n) is 7.36. The maximum Gasteiger partial charge on any atom is 0.314 e. The highest BCUT2D eigenvalue weighted by molar-refractivity contribution is 5.73. The number of urea groups is 1. The molecule has 1 aromatic carbocycles. The van der Waals surface area contributed by atoms with Gasteiger partial charge in [0.25, 0.3) is 0 Å². The van der Waals surface area contributed by atoms with E-state index in [-0.39, 0.29) is 6.03 Å². The van der Waals surface area contributed by atoms with Gasteiger partial charge in [-0.3, -0.25) is 0 Å². The summed E-state index contributed by atoms with van der Waals surface area (Å²) in [4.78, 5) is 16.0. The van der Waals surface area contributed by atoms with Crippen LogP contribution in [-0.4, -0.2) is 28.7 Å². The van der Waals surface area contributed by atoms with Gasteiger partial charge < -0.3 is 15.2 Å². The van der Waals surface area contributed by atoms with Gasteiger partial charge in [0.2, 0.25) is 0 Å². The quantitative estimate of drug-likeness (QED) is 0.763. The van der Waals surface area contributed by atoms with E-state index in [9.17, 15) is 4.79 Å². The van der Waals surface area contributed by atoms with Gasteiger partial charge in [0, 0.05) is 37.4 Å². The molecule has 2 N–H and O–H groups in total. The van der Waals surface area contributed by atoms with Crippen LogP contribution in [0, 0.1) is 5.92 Å².